The lowest BCUT2D eigenvalue weighted by Gasteiger charge is -2.09. The number of ether oxygens (including phenoxy) is 2. The predicted molar refractivity (Wildman–Crippen MR) is 75.8 cm³/mol. The van der Waals surface area contributed by atoms with Gasteiger partial charge in [-0.3, -0.25) is 4.79 Å². The highest BCUT2D eigenvalue weighted by Crippen LogP contribution is 2.18. The number of rotatable bonds is 8. The summed E-state index contributed by atoms with van der Waals surface area (Å²) in [5.74, 6) is 0.776. The van der Waals surface area contributed by atoms with E-state index in [2.05, 4.69) is 5.32 Å². The van der Waals surface area contributed by atoms with Crippen LogP contribution in [0.2, 0.25) is 0 Å². The SMILES string of the molecule is CCOCCCNC(=O)c1ccc(OCC)c(C)c1. The lowest BCUT2D eigenvalue weighted by atomic mass is 10.1. The second-order valence-corrected chi connectivity index (χ2v) is 4.22. The summed E-state index contributed by atoms with van der Waals surface area (Å²) in [7, 11) is 0. The van der Waals surface area contributed by atoms with Crippen LogP contribution in [0.15, 0.2) is 18.2 Å². The molecule has 0 aliphatic carbocycles. The van der Waals surface area contributed by atoms with E-state index in [1.54, 1.807) is 6.07 Å². The molecule has 106 valence electrons. The first-order valence-electron chi connectivity index (χ1n) is 6.78. The highest BCUT2D eigenvalue weighted by atomic mass is 16.5. The largest absolute Gasteiger partial charge is 0.494 e. The first-order chi connectivity index (χ1) is 9.19. The molecule has 1 aromatic carbocycles. The highest BCUT2D eigenvalue weighted by Gasteiger charge is 2.07. The summed E-state index contributed by atoms with van der Waals surface area (Å²) in [6.45, 7) is 8.50. The van der Waals surface area contributed by atoms with Gasteiger partial charge < -0.3 is 14.8 Å². The van der Waals surface area contributed by atoms with Gasteiger partial charge in [-0.25, -0.2) is 0 Å². The molecule has 0 radical (unpaired) electrons. The Kier molecular flexibility index (Phi) is 6.97. The number of aryl methyl sites for hydroxylation is 1. The third-order valence-electron chi connectivity index (χ3n) is 2.69. The van der Waals surface area contributed by atoms with E-state index in [9.17, 15) is 4.79 Å². The van der Waals surface area contributed by atoms with Gasteiger partial charge in [-0.1, -0.05) is 0 Å². The first-order valence-corrected chi connectivity index (χ1v) is 6.78. The van der Waals surface area contributed by atoms with Gasteiger partial charge in [-0.2, -0.15) is 0 Å². The van der Waals surface area contributed by atoms with Gasteiger partial charge in [0.15, 0.2) is 0 Å². The van der Waals surface area contributed by atoms with Gasteiger partial charge in [0.1, 0.15) is 5.75 Å². The van der Waals surface area contributed by atoms with Crippen LogP contribution in [0.3, 0.4) is 0 Å². The minimum Gasteiger partial charge on any atom is -0.494 e. The molecule has 0 saturated heterocycles. The first kappa shape index (κ1) is 15.5. The van der Waals surface area contributed by atoms with Crippen LogP contribution in [0.1, 0.15) is 36.2 Å². The predicted octanol–water partition coefficient (Wildman–Crippen LogP) is 2.55. The summed E-state index contributed by atoms with van der Waals surface area (Å²) >= 11 is 0. The molecule has 4 heteroatoms. The maximum atomic E-state index is 11.9. The summed E-state index contributed by atoms with van der Waals surface area (Å²) in [6, 6.07) is 5.48. The molecule has 1 N–H and O–H groups in total. The van der Waals surface area contributed by atoms with Crippen molar-refractivity contribution in [1.29, 1.82) is 0 Å². The average Bonchev–Trinajstić information content (AvgIpc) is 2.41. The number of hydrogen-bond acceptors (Lipinski definition) is 3. The normalized spacial score (nSPS) is 10.3. The maximum Gasteiger partial charge on any atom is 0.251 e. The fourth-order valence-electron chi connectivity index (χ4n) is 1.73. The van der Waals surface area contributed by atoms with Crippen molar-refractivity contribution in [1.82, 2.24) is 5.32 Å². The van der Waals surface area contributed by atoms with E-state index in [1.165, 1.54) is 0 Å². The molecule has 0 heterocycles. The third kappa shape index (κ3) is 5.30. The number of benzene rings is 1. The monoisotopic (exact) mass is 265 g/mol. The zero-order valence-electron chi connectivity index (χ0n) is 12.0. The van der Waals surface area contributed by atoms with Crippen LogP contribution in [0.5, 0.6) is 5.75 Å². The summed E-state index contributed by atoms with van der Waals surface area (Å²) in [6.07, 6.45) is 0.829. The van der Waals surface area contributed by atoms with Crippen LogP contribution in [-0.2, 0) is 4.74 Å². The van der Waals surface area contributed by atoms with E-state index in [4.69, 9.17) is 9.47 Å². The van der Waals surface area contributed by atoms with Crippen molar-refractivity contribution in [3.63, 3.8) is 0 Å². The zero-order chi connectivity index (χ0) is 14.1. The molecule has 1 rings (SSSR count). The molecule has 1 amide bonds. The molecule has 0 bridgehead atoms. The minimum atomic E-state index is -0.0531. The zero-order valence-corrected chi connectivity index (χ0v) is 12.0. The molecule has 0 unspecified atom stereocenters. The van der Waals surface area contributed by atoms with Gasteiger partial charge in [-0.15, -0.1) is 0 Å². The maximum absolute atomic E-state index is 11.9. The van der Waals surface area contributed by atoms with E-state index in [-0.39, 0.29) is 5.91 Å². The van der Waals surface area contributed by atoms with Gasteiger partial charge in [0.2, 0.25) is 0 Å². The minimum absolute atomic E-state index is 0.0531. The fourth-order valence-corrected chi connectivity index (χ4v) is 1.73. The molecule has 0 aliphatic rings. The van der Waals surface area contributed by atoms with E-state index in [0.717, 1.165) is 17.7 Å². The Morgan fingerprint density at radius 2 is 2.05 bits per heavy atom. The fraction of sp³-hybridized carbons (Fsp3) is 0.533. The van der Waals surface area contributed by atoms with Crippen molar-refractivity contribution < 1.29 is 14.3 Å². The van der Waals surface area contributed by atoms with Gasteiger partial charge in [0, 0.05) is 25.3 Å². The van der Waals surface area contributed by atoms with Gasteiger partial charge in [-0.05, 0) is 51.0 Å². The summed E-state index contributed by atoms with van der Waals surface area (Å²) < 4.78 is 10.7. The lowest BCUT2D eigenvalue weighted by molar-refractivity contribution is 0.0944. The Bertz CT molecular complexity index is 404. The number of carbonyl (C=O) groups excluding carboxylic acids is 1. The van der Waals surface area contributed by atoms with Crippen molar-refractivity contribution >= 4 is 5.91 Å². The number of amides is 1. The quantitative estimate of drug-likeness (QED) is 0.735. The summed E-state index contributed by atoms with van der Waals surface area (Å²) in [5.41, 5.74) is 1.64. The highest BCUT2D eigenvalue weighted by molar-refractivity contribution is 5.94. The Balaban J connectivity index is 2.46. The molecule has 0 fully saturated rings. The van der Waals surface area contributed by atoms with Gasteiger partial charge >= 0.3 is 0 Å². The second-order valence-electron chi connectivity index (χ2n) is 4.22. The molecular formula is C15H23NO3. The van der Waals surface area contributed by atoms with Crippen LogP contribution >= 0.6 is 0 Å². The number of hydrogen-bond donors (Lipinski definition) is 1. The average molecular weight is 265 g/mol. The molecular weight excluding hydrogens is 242 g/mol. The van der Waals surface area contributed by atoms with Crippen LogP contribution in [0, 0.1) is 6.92 Å². The summed E-state index contributed by atoms with van der Waals surface area (Å²) in [4.78, 5) is 11.9. The second kappa shape index (κ2) is 8.53. The molecule has 4 nitrogen and oxygen atoms in total. The molecule has 1 aromatic rings. The summed E-state index contributed by atoms with van der Waals surface area (Å²) in [5, 5.41) is 2.88. The van der Waals surface area contributed by atoms with Crippen molar-refractivity contribution in [3.05, 3.63) is 29.3 Å². The Hall–Kier alpha value is -1.55. The topological polar surface area (TPSA) is 47.6 Å². The molecule has 19 heavy (non-hydrogen) atoms. The smallest absolute Gasteiger partial charge is 0.251 e. The molecule has 0 aliphatic heterocycles. The van der Waals surface area contributed by atoms with E-state index in [1.807, 2.05) is 32.9 Å². The standard InChI is InChI=1S/C15H23NO3/c1-4-18-10-6-9-16-15(17)13-7-8-14(19-5-2)12(3)11-13/h7-8,11H,4-6,9-10H2,1-3H3,(H,16,17). The Morgan fingerprint density at radius 3 is 2.68 bits per heavy atom. The van der Waals surface area contributed by atoms with Crippen LogP contribution in [0.25, 0.3) is 0 Å². The van der Waals surface area contributed by atoms with Crippen LogP contribution in [-0.4, -0.2) is 32.3 Å². The number of nitrogens with one attached hydrogen (secondary N) is 1. The van der Waals surface area contributed by atoms with E-state index < -0.39 is 0 Å². The van der Waals surface area contributed by atoms with E-state index >= 15 is 0 Å². The number of carbonyl (C=O) groups is 1. The molecule has 0 aromatic heterocycles. The Labute approximate surface area is 115 Å². The van der Waals surface area contributed by atoms with Crippen molar-refractivity contribution in [3.8, 4) is 5.75 Å². The van der Waals surface area contributed by atoms with Gasteiger partial charge in [0.05, 0.1) is 6.61 Å². The lowest BCUT2D eigenvalue weighted by Crippen LogP contribution is -2.25. The Morgan fingerprint density at radius 1 is 1.26 bits per heavy atom. The third-order valence-corrected chi connectivity index (χ3v) is 2.69. The molecule has 0 saturated carbocycles. The van der Waals surface area contributed by atoms with Crippen LogP contribution in [0.4, 0.5) is 0 Å². The van der Waals surface area contributed by atoms with Crippen LogP contribution < -0.4 is 10.1 Å². The van der Waals surface area contributed by atoms with E-state index in [0.29, 0.717) is 31.9 Å². The van der Waals surface area contributed by atoms with Gasteiger partial charge in [0.25, 0.3) is 5.91 Å². The molecule has 0 atom stereocenters. The van der Waals surface area contributed by atoms with Crippen molar-refractivity contribution in [2.24, 2.45) is 0 Å². The molecule has 0 spiro atoms. The van der Waals surface area contributed by atoms with Crippen molar-refractivity contribution in [2.45, 2.75) is 27.2 Å². The van der Waals surface area contributed by atoms with Crippen molar-refractivity contribution in [2.75, 3.05) is 26.4 Å².